The predicted molar refractivity (Wildman–Crippen MR) is 76.3 cm³/mol. The van der Waals surface area contributed by atoms with Crippen molar-refractivity contribution in [2.75, 3.05) is 0 Å². The molecule has 0 aliphatic carbocycles. The van der Waals surface area contributed by atoms with Crippen molar-refractivity contribution in [2.45, 2.75) is 13.0 Å². The van der Waals surface area contributed by atoms with Crippen molar-refractivity contribution in [2.24, 2.45) is 5.73 Å². The molecule has 2 aromatic carbocycles. The second-order valence-electron chi connectivity index (χ2n) is 4.30. The first-order chi connectivity index (χ1) is 8.90. The molecule has 5 heteroatoms. The van der Waals surface area contributed by atoms with Crippen LogP contribution in [-0.2, 0) is 0 Å². The third-order valence-corrected chi connectivity index (χ3v) is 3.64. The van der Waals surface area contributed by atoms with Gasteiger partial charge in [-0.3, -0.25) is 0 Å². The summed E-state index contributed by atoms with van der Waals surface area (Å²) in [5.41, 5.74) is 7.25. The van der Waals surface area contributed by atoms with Crippen molar-refractivity contribution in [3.05, 3.63) is 68.2 Å². The standard InChI is InChI=1S/C14H11BrClF2N/c1-7-4-8(6-9(16)5-7)14(19)12-11(17)3-2-10(15)13(12)18/h2-6,14H,19H2,1H3. The number of benzene rings is 2. The molecule has 0 saturated carbocycles. The summed E-state index contributed by atoms with van der Waals surface area (Å²) in [7, 11) is 0. The molecular formula is C14H11BrClF2N. The molecule has 0 amide bonds. The van der Waals surface area contributed by atoms with Crippen molar-refractivity contribution in [1.29, 1.82) is 0 Å². The number of hydrogen-bond acceptors (Lipinski definition) is 1. The summed E-state index contributed by atoms with van der Waals surface area (Å²) in [5.74, 6) is -1.36. The van der Waals surface area contributed by atoms with Crippen molar-refractivity contribution in [1.82, 2.24) is 0 Å². The van der Waals surface area contributed by atoms with Crippen molar-refractivity contribution in [3.8, 4) is 0 Å². The van der Waals surface area contributed by atoms with Crippen LogP contribution in [0.15, 0.2) is 34.8 Å². The zero-order valence-corrected chi connectivity index (χ0v) is 12.4. The number of aryl methyl sites for hydroxylation is 1. The quantitative estimate of drug-likeness (QED) is 0.781. The maximum absolute atomic E-state index is 14.0. The fourth-order valence-corrected chi connectivity index (χ4v) is 2.58. The van der Waals surface area contributed by atoms with Gasteiger partial charge < -0.3 is 5.73 Å². The number of hydrogen-bond donors (Lipinski definition) is 1. The van der Waals surface area contributed by atoms with E-state index in [4.69, 9.17) is 17.3 Å². The van der Waals surface area contributed by atoms with Gasteiger partial charge in [0.15, 0.2) is 0 Å². The molecule has 1 atom stereocenters. The average molecular weight is 347 g/mol. The molecular weight excluding hydrogens is 336 g/mol. The SMILES string of the molecule is Cc1cc(Cl)cc(C(N)c2c(F)ccc(Br)c2F)c1. The van der Waals surface area contributed by atoms with Gasteiger partial charge in [-0.25, -0.2) is 8.78 Å². The maximum Gasteiger partial charge on any atom is 0.145 e. The van der Waals surface area contributed by atoms with Crippen LogP contribution >= 0.6 is 27.5 Å². The lowest BCUT2D eigenvalue weighted by Gasteiger charge is -2.16. The Hall–Kier alpha value is -0.970. The van der Waals surface area contributed by atoms with Crippen LogP contribution in [0.3, 0.4) is 0 Å². The van der Waals surface area contributed by atoms with E-state index < -0.39 is 17.7 Å². The Balaban J connectivity index is 2.55. The Morgan fingerprint density at radius 2 is 1.89 bits per heavy atom. The highest BCUT2D eigenvalue weighted by molar-refractivity contribution is 9.10. The van der Waals surface area contributed by atoms with Gasteiger partial charge in [-0.15, -0.1) is 0 Å². The van der Waals surface area contributed by atoms with Crippen molar-refractivity contribution in [3.63, 3.8) is 0 Å². The van der Waals surface area contributed by atoms with E-state index in [1.165, 1.54) is 12.1 Å². The third kappa shape index (κ3) is 2.96. The van der Waals surface area contributed by atoms with Gasteiger partial charge >= 0.3 is 0 Å². The molecule has 19 heavy (non-hydrogen) atoms. The molecule has 0 spiro atoms. The molecule has 0 saturated heterocycles. The molecule has 1 unspecified atom stereocenters. The zero-order chi connectivity index (χ0) is 14.2. The van der Waals surface area contributed by atoms with Gasteiger partial charge in [0.25, 0.3) is 0 Å². The van der Waals surface area contributed by atoms with Crippen LogP contribution in [0.2, 0.25) is 5.02 Å². The van der Waals surface area contributed by atoms with Crippen LogP contribution in [0.5, 0.6) is 0 Å². The van der Waals surface area contributed by atoms with Crippen LogP contribution in [0.25, 0.3) is 0 Å². The molecule has 1 nitrogen and oxygen atoms in total. The van der Waals surface area contributed by atoms with Crippen molar-refractivity contribution >= 4 is 27.5 Å². The monoisotopic (exact) mass is 345 g/mol. The van der Waals surface area contributed by atoms with E-state index in [1.54, 1.807) is 18.2 Å². The Bertz CT molecular complexity index is 611. The number of nitrogens with two attached hydrogens (primary N) is 1. The third-order valence-electron chi connectivity index (χ3n) is 2.81. The maximum atomic E-state index is 14.0. The van der Waals surface area contributed by atoms with Crippen molar-refractivity contribution < 1.29 is 8.78 Å². The molecule has 100 valence electrons. The fraction of sp³-hybridized carbons (Fsp3) is 0.143. The number of halogens is 4. The first-order valence-electron chi connectivity index (χ1n) is 5.56. The van der Waals surface area contributed by atoms with Crippen LogP contribution < -0.4 is 5.73 Å². The highest BCUT2D eigenvalue weighted by Crippen LogP contribution is 2.30. The van der Waals surface area contributed by atoms with Gasteiger partial charge in [0.1, 0.15) is 11.6 Å². The van der Waals surface area contributed by atoms with E-state index in [0.29, 0.717) is 10.6 Å². The Labute approximate surface area is 123 Å². The van der Waals surface area contributed by atoms with E-state index in [-0.39, 0.29) is 10.0 Å². The lowest BCUT2D eigenvalue weighted by molar-refractivity contribution is 0.539. The minimum Gasteiger partial charge on any atom is -0.320 e. The first-order valence-corrected chi connectivity index (χ1v) is 6.73. The molecule has 0 bridgehead atoms. The fourth-order valence-electron chi connectivity index (χ4n) is 1.94. The van der Waals surface area contributed by atoms with Gasteiger partial charge in [0, 0.05) is 10.6 Å². The minimum atomic E-state index is -0.908. The van der Waals surface area contributed by atoms with Gasteiger partial charge in [0.2, 0.25) is 0 Å². The summed E-state index contributed by atoms with van der Waals surface area (Å²) in [6, 6.07) is 6.71. The van der Waals surface area contributed by atoms with Crippen LogP contribution in [-0.4, -0.2) is 0 Å². The second kappa shape index (κ2) is 5.57. The number of rotatable bonds is 2. The predicted octanol–water partition coefficient (Wildman–Crippen LogP) is 4.74. The van der Waals surface area contributed by atoms with Gasteiger partial charge in [0.05, 0.1) is 10.5 Å². The summed E-state index contributed by atoms with van der Waals surface area (Å²) in [4.78, 5) is 0. The summed E-state index contributed by atoms with van der Waals surface area (Å²) in [5, 5.41) is 0.487. The van der Waals surface area contributed by atoms with Crippen LogP contribution in [0.1, 0.15) is 22.7 Å². The lowest BCUT2D eigenvalue weighted by atomic mass is 9.97. The van der Waals surface area contributed by atoms with Gasteiger partial charge in [-0.05, 0) is 58.2 Å². The normalized spacial score (nSPS) is 12.5. The zero-order valence-electron chi connectivity index (χ0n) is 10.1. The topological polar surface area (TPSA) is 26.0 Å². The molecule has 2 rings (SSSR count). The minimum absolute atomic E-state index is 0.170. The molecule has 0 aliphatic heterocycles. The van der Waals surface area contributed by atoms with Gasteiger partial charge in [-0.1, -0.05) is 17.7 Å². The van der Waals surface area contributed by atoms with Crippen LogP contribution in [0.4, 0.5) is 8.78 Å². The molecule has 0 aromatic heterocycles. The molecule has 0 heterocycles. The molecule has 0 fully saturated rings. The Morgan fingerprint density at radius 3 is 2.53 bits per heavy atom. The van der Waals surface area contributed by atoms with Gasteiger partial charge in [-0.2, -0.15) is 0 Å². The lowest BCUT2D eigenvalue weighted by Crippen LogP contribution is -2.16. The second-order valence-corrected chi connectivity index (χ2v) is 5.59. The van der Waals surface area contributed by atoms with E-state index >= 15 is 0 Å². The van der Waals surface area contributed by atoms with E-state index in [9.17, 15) is 8.78 Å². The highest BCUT2D eigenvalue weighted by atomic mass is 79.9. The Kier molecular flexibility index (Phi) is 4.23. The summed E-state index contributed by atoms with van der Waals surface area (Å²) >= 11 is 8.97. The summed E-state index contributed by atoms with van der Waals surface area (Å²) < 4.78 is 28.0. The smallest absolute Gasteiger partial charge is 0.145 e. The highest BCUT2D eigenvalue weighted by Gasteiger charge is 2.20. The van der Waals surface area contributed by atoms with E-state index in [2.05, 4.69) is 15.9 Å². The molecule has 0 radical (unpaired) electrons. The summed E-state index contributed by atoms with van der Waals surface area (Å²) in [6.45, 7) is 1.84. The largest absolute Gasteiger partial charge is 0.320 e. The van der Waals surface area contributed by atoms with E-state index in [0.717, 1.165) is 5.56 Å². The first kappa shape index (κ1) is 14.4. The molecule has 2 N–H and O–H groups in total. The Morgan fingerprint density at radius 1 is 1.21 bits per heavy atom. The van der Waals surface area contributed by atoms with Crippen LogP contribution in [0, 0.1) is 18.6 Å². The molecule has 0 aliphatic rings. The summed E-state index contributed by atoms with van der Waals surface area (Å²) in [6.07, 6.45) is 0. The van der Waals surface area contributed by atoms with E-state index in [1.807, 2.05) is 6.92 Å². The average Bonchev–Trinajstić information content (AvgIpc) is 2.33. The molecule has 2 aromatic rings.